The standard InChI is InChI=1S/C20H28N2O2/c21-17-7-9-18(10-8-17)22-20(24)12-11-19(23)16-6-5-14-3-1-2-4-15(14)13-16/h5-6,13,17-18H,1-4,7-12,21H2,(H,22,24). The molecule has 130 valence electrons. The van der Waals surface area contributed by atoms with Gasteiger partial charge in [-0.3, -0.25) is 9.59 Å². The van der Waals surface area contributed by atoms with E-state index in [0.29, 0.717) is 0 Å². The van der Waals surface area contributed by atoms with Crippen LogP contribution in [0.4, 0.5) is 0 Å². The van der Waals surface area contributed by atoms with Gasteiger partial charge < -0.3 is 11.1 Å². The number of rotatable bonds is 5. The number of Topliss-reactive ketones (excluding diaryl/α,β-unsaturated/α-hetero) is 1. The summed E-state index contributed by atoms with van der Waals surface area (Å²) in [4.78, 5) is 24.4. The Morgan fingerprint density at radius 2 is 1.71 bits per heavy atom. The van der Waals surface area contributed by atoms with Crippen LogP contribution in [-0.2, 0) is 17.6 Å². The van der Waals surface area contributed by atoms with Crippen LogP contribution in [0.3, 0.4) is 0 Å². The van der Waals surface area contributed by atoms with Gasteiger partial charge in [-0.2, -0.15) is 0 Å². The topological polar surface area (TPSA) is 72.2 Å². The summed E-state index contributed by atoms with van der Waals surface area (Å²) >= 11 is 0. The first kappa shape index (κ1) is 17.2. The number of hydrogen-bond acceptors (Lipinski definition) is 3. The summed E-state index contributed by atoms with van der Waals surface area (Å²) in [5.41, 5.74) is 9.33. The van der Waals surface area contributed by atoms with Crippen molar-refractivity contribution in [1.29, 1.82) is 0 Å². The van der Waals surface area contributed by atoms with E-state index in [4.69, 9.17) is 5.73 Å². The highest BCUT2D eigenvalue weighted by atomic mass is 16.2. The molecule has 0 aliphatic heterocycles. The van der Waals surface area contributed by atoms with Gasteiger partial charge in [0.05, 0.1) is 0 Å². The molecule has 1 aromatic rings. The highest BCUT2D eigenvalue weighted by molar-refractivity contribution is 5.98. The van der Waals surface area contributed by atoms with Crippen LogP contribution in [0.1, 0.15) is 72.9 Å². The van der Waals surface area contributed by atoms with Crippen LogP contribution >= 0.6 is 0 Å². The maximum Gasteiger partial charge on any atom is 0.220 e. The Labute approximate surface area is 144 Å². The molecular weight excluding hydrogens is 300 g/mol. The minimum atomic E-state index is -0.0122. The summed E-state index contributed by atoms with van der Waals surface area (Å²) in [6.07, 6.45) is 9.05. The Balaban J connectivity index is 1.47. The first-order chi connectivity index (χ1) is 11.6. The van der Waals surface area contributed by atoms with Gasteiger partial charge in [-0.25, -0.2) is 0 Å². The highest BCUT2D eigenvalue weighted by Crippen LogP contribution is 2.23. The van der Waals surface area contributed by atoms with Crippen molar-refractivity contribution in [3.8, 4) is 0 Å². The van der Waals surface area contributed by atoms with E-state index >= 15 is 0 Å². The van der Waals surface area contributed by atoms with E-state index < -0.39 is 0 Å². The first-order valence-corrected chi connectivity index (χ1v) is 9.32. The van der Waals surface area contributed by atoms with E-state index in [1.807, 2.05) is 12.1 Å². The number of benzene rings is 1. The largest absolute Gasteiger partial charge is 0.353 e. The van der Waals surface area contributed by atoms with Gasteiger partial charge in [-0.05, 0) is 68.6 Å². The molecule has 1 saturated carbocycles. The molecule has 0 saturated heterocycles. The van der Waals surface area contributed by atoms with Gasteiger partial charge in [0.25, 0.3) is 0 Å². The molecule has 4 heteroatoms. The third-order valence-corrected chi connectivity index (χ3v) is 5.39. The van der Waals surface area contributed by atoms with Crippen LogP contribution in [0.2, 0.25) is 0 Å². The predicted molar refractivity (Wildman–Crippen MR) is 95.0 cm³/mol. The smallest absolute Gasteiger partial charge is 0.220 e. The van der Waals surface area contributed by atoms with Crippen LogP contribution < -0.4 is 11.1 Å². The molecule has 3 N–H and O–H groups in total. The Bertz CT molecular complexity index is 604. The molecule has 0 heterocycles. The van der Waals surface area contributed by atoms with E-state index in [1.165, 1.54) is 24.0 Å². The number of hydrogen-bond donors (Lipinski definition) is 2. The van der Waals surface area contributed by atoms with E-state index in [9.17, 15) is 9.59 Å². The number of carbonyl (C=O) groups excluding carboxylic acids is 2. The molecule has 3 rings (SSSR count). The molecule has 0 aromatic heterocycles. The van der Waals surface area contributed by atoms with Gasteiger partial charge in [-0.15, -0.1) is 0 Å². The lowest BCUT2D eigenvalue weighted by molar-refractivity contribution is -0.122. The normalized spacial score (nSPS) is 23.4. The van der Waals surface area contributed by atoms with Crippen molar-refractivity contribution in [2.45, 2.75) is 76.3 Å². The number of ketones is 1. The van der Waals surface area contributed by atoms with Crippen molar-refractivity contribution < 1.29 is 9.59 Å². The number of amides is 1. The molecule has 1 amide bonds. The summed E-state index contributed by atoms with van der Waals surface area (Å²) in [6.45, 7) is 0. The fourth-order valence-electron chi connectivity index (χ4n) is 3.84. The molecule has 0 atom stereocenters. The van der Waals surface area contributed by atoms with Crippen LogP contribution in [-0.4, -0.2) is 23.8 Å². The quantitative estimate of drug-likeness (QED) is 0.816. The zero-order valence-electron chi connectivity index (χ0n) is 14.4. The maximum atomic E-state index is 12.4. The Morgan fingerprint density at radius 3 is 2.46 bits per heavy atom. The number of carbonyl (C=O) groups is 2. The van der Waals surface area contributed by atoms with Gasteiger partial charge in [0, 0.05) is 30.5 Å². The summed E-state index contributed by atoms with van der Waals surface area (Å²) < 4.78 is 0. The van der Waals surface area contributed by atoms with Crippen LogP contribution in [0.15, 0.2) is 18.2 Å². The summed E-state index contributed by atoms with van der Waals surface area (Å²) in [5, 5.41) is 3.05. The van der Waals surface area contributed by atoms with Gasteiger partial charge in [0.2, 0.25) is 5.91 Å². The minimum Gasteiger partial charge on any atom is -0.353 e. The molecule has 2 aliphatic carbocycles. The SMILES string of the molecule is NC1CCC(NC(=O)CCC(=O)c2ccc3c(c2)CCCC3)CC1. The monoisotopic (exact) mass is 328 g/mol. The number of nitrogens with two attached hydrogens (primary N) is 1. The lowest BCUT2D eigenvalue weighted by Gasteiger charge is -2.26. The number of fused-ring (bicyclic) bond motifs is 1. The predicted octanol–water partition coefficient (Wildman–Crippen LogP) is 2.91. The lowest BCUT2D eigenvalue weighted by atomic mass is 9.89. The molecule has 0 radical (unpaired) electrons. The average Bonchev–Trinajstić information content (AvgIpc) is 2.61. The minimum absolute atomic E-state index is 0.0122. The Kier molecular flexibility index (Phi) is 5.67. The van der Waals surface area contributed by atoms with Gasteiger partial charge in [-0.1, -0.05) is 12.1 Å². The molecule has 0 unspecified atom stereocenters. The van der Waals surface area contributed by atoms with Crippen molar-refractivity contribution >= 4 is 11.7 Å². The Morgan fingerprint density at radius 1 is 1.00 bits per heavy atom. The summed E-state index contributed by atoms with van der Waals surface area (Å²) in [6, 6.07) is 6.57. The van der Waals surface area contributed by atoms with Crippen LogP contribution in [0.5, 0.6) is 0 Å². The molecule has 0 bridgehead atoms. The molecule has 0 spiro atoms. The van der Waals surface area contributed by atoms with Crippen LogP contribution in [0.25, 0.3) is 0 Å². The lowest BCUT2D eigenvalue weighted by Crippen LogP contribution is -2.40. The second-order valence-electron chi connectivity index (χ2n) is 7.29. The van der Waals surface area contributed by atoms with Crippen molar-refractivity contribution in [3.05, 3.63) is 34.9 Å². The van der Waals surface area contributed by atoms with Crippen molar-refractivity contribution in [3.63, 3.8) is 0 Å². The van der Waals surface area contributed by atoms with E-state index in [1.54, 1.807) is 0 Å². The van der Waals surface area contributed by atoms with E-state index in [2.05, 4.69) is 11.4 Å². The third kappa shape index (κ3) is 4.44. The number of aryl methyl sites for hydroxylation is 2. The highest BCUT2D eigenvalue weighted by Gasteiger charge is 2.20. The fourth-order valence-corrected chi connectivity index (χ4v) is 3.84. The second kappa shape index (κ2) is 7.93. The zero-order chi connectivity index (χ0) is 16.9. The average molecular weight is 328 g/mol. The molecule has 2 aliphatic rings. The van der Waals surface area contributed by atoms with Crippen LogP contribution in [0, 0.1) is 0 Å². The van der Waals surface area contributed by atoms with Crippen molar-refractivity contribution in [1.82, 2.24) is 5.32 Å². The molecule has 24 heavy (non-hydrogen) atoms. The molecule has 4 nitrogen and oxygen atoms in total. The fraction of sp³-hybridized carbons (Fsp3) is 0.600. The van der Waals surface area contributed by atoms with Gasteiger partial charge in [0.1, 0.15) is 0 Å². The van der Waals surface area contributed by atoms with Gasteiger partial charge in [0.15, 0.2) is 5.78 Å². The first-order valence-electron chi connectivity index (χ1n) is 9.32. The zero-order valence-corrected chi connectivity index (χ0v) is 14.4. The van der Waals surface area contributed by atoms with Crippen molar-refractivity contribution in [2.24, 2.45) is 5.73 Å². The van der Waals surface area contributed by atoms with Gasteiger partial charge >= 0.3 is 0 Å². The molecule has 1 fully saturated rings. The van der Waals surface area contributed by atoms with Crippen molar-refractivity contribution in [2.75, 3.05) is 0 Å². The van der Waals surface area contributed by atoms with E-state index in [-0.39, 0.29) is 36.6 Å². The maximum absolute atomic E-state index is 12.4. The van der Waals surface area contributed by atoms with E-state index in [0.717, 1.165) is 44.1 Å². The number of nitrogens with one attached hydrogen (secondary N) is 1. The summed E-state index contributed by atoms with van der Waals surface area (Å²) in [5.74, 6) is 0.0611. The Hall–Kier alpha value is -1.68. The third-order valence-electron chi connectivity index (χ3n) is 5.39. The second-order valence-corrected chi connectivity index (χ2v) is 7.29. The summed E-state index contributed by atoms with van der Waals surface area (Å²) in [7, 11) is 0. The molecular formula is C20H28N2O2. The molecule has 1 aromatic carbocycles.